The monoisotopic (exact) mass is 376 g/mol. The van der Waals surface area contributed by atoms with Crippen molar-refractivity contribution in [3.8, 4) is 0 Å². The number of benzene rings is 1. The van der Waals surface area contributed by atoms with Gasteiger partial charge in [-0.05, 0) is 32.8 Å². The Morgan fingerprint density at radius 3 is 2.56 bits per heavy atom. The van der Waals surface area contributed by atoms with E-state index in [1.165, 1.54) is 12.2 Å². The molecular formula is C20H28N2O5. The number of carbonyl (C=O) groups excluding carboxylic acids is 2. The molecule has 1 aromatic rings. The molecule has 0 saturated carbocycles. The number of ether oxygens (including phenoxy) is 2. The van der Waals surface area contributed by atoms with Crippen LogP contribution in [0.15, 0.2) is 54.9 Å². The molecule has 0 radical (unpaired) electrons. The molecule has 0 bridgehead atoms. The van der Waals surface area contributed by atoms with Crippen molar-refractivity contribution in [3.05, 3.63) is 60.5 Å². The van der Waals surface area contributed by atoms with Gasteiger partial charge in [0.1, 0.15) is 24.5 Å². The summed E-state index contributed by atoms with van der Waals surface area (Å²) in [5, 5.41) is 2.41. The summed E-state index contributed by atoms with van der Waals surface area (Å²) < 4.78 is 10.5. The van der Waals surface area contributed by atoms with E-state index in [1.54, 1.807) is 0 Å². The van der Waals surface area contributed by atoms with E-state index in [2.05, 4.69) is 17.4 Å². The van der Waals surface area contributed by atoms with Gasteiger partial charge in [-0.3, -0.25) is 4.84 Å². The highest BCUT2D eigenvalue weighted by Crippen LogP contribution is 2.12. The van der Waals surface area contributed by atoms with Crippen molar-refractivity contribution in [2.75, 3.05) is 13.2 Å². The van der Waals surface area contributed by atoms with Gasteiger partial charge in [0.15, 0.2) is 0 Å². The Hall–Kier alpha value is -2.80. The normalized spacial score (nSPS) is 12.6. The lowest BCUT2D eigenvalue weighted by molar-refractivity contribution is -0.108. The lowest BCUT2D eigenvalue weighted by atomic mass is 10.2. The first kappa shape index (κ1) is 22.2. The molecule has 0 saturated heterocycles. The predicted molar refractivity (Wildman–Crippen MR) is 103 cm³/mol. The zero-order valence-electron chi connectivity index (χ0n) is 16.1. The molecule has 0 aliphatic carbocycles. The van der Waals surface area contributed by atoms with Crippen molar-refractivity contribution in [1.82, 2.24) is 10.8 Å². The van der Waals surface area contributed by atoms with Crippen LogP contribution in [0.25, 0.3) is 0 Å². The molecule has 0 aliphatic rings. The number of amides is 1. The van der Waals surface area contributed by atoms with E-state index < -0.39 is 17.7 Å². The Morgan fingerprint density at radius 1 is 1.26 bits per heavy atom. The Balaban J connectivity index is 2.64. The Morgan fingerprint density at radius 2 is 1.96 bits per heavy atom. The standard InChI is InChI=1S/C20H28N2O5/c1-5-12-25-19(24)21-17(15-23)14-18(27-20(2,3)4)22-26-13-11-16-9-7-6-8-10-16/h5-10,14-15,17,22H,1,11-13H2,2-4H3,(H,21,24)/t17-/m0/s1. The van der Waals surface area contributed by atoms with Gasteiger partial charge < -0.3 is 19.6 Å². The lowest BCUT2D eigenvalue weighted by Gasteiger charge is -2.24. The van der Waals surface area contributed by atoms with Crippen LogP contribution in [-0.4, -0.2) is 37.2 Å². The SMILES string of the molecule is C=CCOC(=O)N[C@H](C=O)C=C(NOCCc1ccccc1)OC(C)(C)C. The Kier molecular flexibility index (Phi) is 9.68. The van der Waals surface area contributed by atoms with Crippen LogP contribution in [0, 0.1) is 0 Å². The van der Waals surface area contributed by atoms with Crippen molar-refractivity contribution in [2.24, 2.45) is 0 Å². The summed E-state index contributed by atoms with van der Waals surface area (Å²) in [6, 6.07) is 8.95. The second-order valence-electron chi connectivity index (χ2n) is 6.62. The number of alkyl carbamates (subject to hydrolysis) is 1. The number of rotatable bonds is 11. The first-order chi connectivity index (χ1) is 12.8. The zero-order chi connectivity index (χ0) is 20.1. The molecule has 0 spiro atoms. The van der Waals surface area contributed by atoms with Crippen LogP contribution in [0.3, 0.4) is 0 Å². The molecule has 1 amide bonds. The minimum absolute atomic E-state index is 0.0489. The molecule has 0 fully saturated rings. The Labute approximate surface area is 160 Å². The molecule has 7 nitrogen and oxygen atoms in total. The summed E-state index contributed by atoms with van der Waals surface area (Å²) in [7, 11) is 0. The van der Waals surface area contributed by atoms with Crippen LogP contribution in [0.2, 0.25) is 0 Å². The molecule has 148 valence electrons. The fourth-order valence-corrected chi connectivity index (χ4v) is 1.94. The fraction of sp³-hybridized carbons (Fsp3) is 0.400. The summed E-state index contributed by atoms with van der Waals surface area (Å²) in [5.41, 5.74) is 3.31. The van der Waals surface area contributed by atoms with Crippen molar-refractivity contribution in [2.45, 2.75) is 38.8 Å². The van der Waals surface area contributed by atoms with Crippen LogP contribution in [-0.2, 0) is 25.5 Å². The average Bonchev–Trinajstić information content (AvgIpc) is 2.62. The third kappa shape index (κ3) is 10.7. The molecule has 7 heteroatoms. The minimum Gasteiger partial charge on any atom is -0.472 e. The molecule has 2 N–H and O–H groups in total. The molecule has 0 unspecified atom stereocenters. The Bertz CT molecular complexity index is 623. The van der Waals surface area contributed by atoms with Gasteiger partial charge in [-0.1, -0.05) is 43.0 Å². The number of hydrogen-bond donors (Lipinski definition) is 2. The second kappa shape index (κ2) is 11.7. The molecule has 0 heterocycles. The van der Waals surface area contributed by atoms with E-state index >= 15 is 0 Å². The third-order valence-electron chi connectivity index (χ3n) is 3.02. The number of aldehydes is 1. The molecule has 27 heavy (non-hydrogen) atoms. The second-order valence-corrected chi connectivity index (χ2v) is 6.62. The van der Waals surface area contributed by atoms with E-state index in [-0.39, 0.29) is 12.5 Å². The van der Waals surface area contributed by atoms with E-state index in [1.807, 2.05) is 51.1 Å². The molecule has 1 rings (SSSR count). The summed E-state index contributed by atoms with van der Waals surface area (Å²) >= 11 is 0. The number of hydroxylamine groups is 1. The van der Waals surface area contributed by atoms with Crippen molar-refractivity contribution in [3.63, 3.8) is 0 Å². The highest BCUT2D eigenvalue weighted by molar-refractivity contribution is 5.74. The quantitative estimate of drug-likeness (QED) is 0.203. The predicted octanol–water partition coefficient (Wildman–Crippen LogP) is 2.89. The number of nitrogens with one attached hydrogen (secondary N) is 2. The van der Waals surface area contributed by atoms with Gasteiger partial charge in [-0.15, -0.1) is 0 Å². The molecule has 0 aromatic heterocycles. The zero-order valence-corrected chi connectivity index (χ0v) is 16.1. The topological polar surface area (TPSA) is 85.9 Å². The molecule has 1 aromatic carbocycles. The molecule has 0 aliphatic heterocycles. The largest absolute Gasteiger partial charge is 0.472 e. The summed E-state index contributed by atoms with van der Waals surface area (Å²) in [4.78, 5) is 28.3. The summed E-state index contributed by atoms with van der Waals surface area (Å²) in [6.07, 6.45) is 3.38. The number of hydrogen-bond acceptors (Lipinski definition) is 6. The van der Waals surface area contributed by atoms with Crippen LogP contribution in [0.5, 0.6) is 0 Å². The van der Waals surface area contributed by atoms with Crippen molar-refractivity contribution < 1.29 is 23.9 Å². The minimum atomic E-state index is -0.940. The van der Waals surface area contributed by atoms with Crippen LogP contribution >= 0.6 is 0 Å². The van der Waals surface area contributed by atoms with Gasteiger partial charge in [0, 0.05) is 6.08 Å². The van der Waals surface area contributed by atoms with Gasteiger partial charge in [-0.2, -0.15) is 0 Å². The first-order valence-corrected chi connectivity index (χ1v) is 8.66. The maximum Gasteiger partial charge on any atom is 0.408 e. The van der Waals surface area contributed by atoms with Crippen LogP contribution < -0.4 is 10.8 Å². The van der Waals surface area contributed by atoms with Crippen molar-refractivity contribution >= 4 is 12.4 Å². The first-order valence-electron chi connectivity index (χ1n) is 8.66. The van der Waals surface area contributed by atoms with Gasteiger partial charge in [0.05, 0.1) is 6.61 Å². The highest BCUT2D eigenvalue weighted by atomic mass is 16.7. The summed E-state index contributed by atoms with van der Waals surface area (Å²) in [5.74, 6) is 0.219. The fourth-order valence-electron chi connectivity index (χ4n) is 1.94. The van der Waals surface area contributed by atoms with E-state index in [9.17, 15) is 9.59 Å². The van der Waals surface area contributed by atoms with Gasteiger partial charge in [-0.25, -0.2) is 10.3 Å². The van der Waals surface area contributed by atoms with Crippen LogP contribution in [0.4, 0.5) is 4.79 Å². The van der Waals surface area contributed by atoms with Gasteiger partial charge >= 0.3 is 6.09 Å². The average molecular weight is 376 g/mol. The van der Waals surface area contributed by atoms with Gasteiger partial charge in [0.2, 0.25) is 5.88 Å². The maximum absolute atomic E-state index is 11.6. The molecule has 1 atom stereocenters. The van der Waals surface area contributed by atoms with E-state index in [0.717, 1.165) is 5.56 Å². The highest BCUT2D eigenvalue weighted by Gasteiger charge is 2.17. The summed E-state index contributed by atoms with van der Waals surface area (Å²) in [6.45, 7) is 9.46. The molecular weight excluding hydrogens is 348 g/mol. The van der Waals surface area contributed by atoms with E-state index in [4.69, 9.17) is 14.3 Å². The number of carbonyl (C=O) groups is 2. The lowest BCUT2D eigenvalue weighted by Crippen LogP contribution is -2.37. The maximum atomic E-state index is 11.6. The van der Waals surface area contributed by atoms with Gasteiger partial charge in [0.25, 0.3) is 0 Å². The van der Waals surface area contributed by atoms with E-state index in [0.29, 0.717) is 19.3 Å². The van der Waals surface area contributed by atoms with Crippen molar-refractivity contribution in [1.29, 1.82) is 0 Å². The third-order valence-corrected chi connectivity index (χ3v) is 3.02. The van der Waals surface area contributed by atoms with Crippen LogP contribution in [0.1, 0.15) is 26.3 Å². The smallest absolute Gasteiger partial charge is 0.408 e.